The van der Waals surface area contributed by atoms with Crippen molar-refractivity contribution in [1.29, 1.82) is 0 Å². The van der Waals surface area contributed by atoms with Crippen LogP contribution in [0.5, 0.6) is 0 Å². The molecular weight excluding hydrogens is 266 g/mol. The van der Waals surface area contributed by atoms with Crippen LogP contribution in [0.25, 0.3) is 0 Å². The molecule has 1 aromatic rings. The number of rotatable bonds is 5. The molecule has 0 saturated heterocycles. The van der Waals surface area contributed by atoms with E-state index in [0.717, 1.165) is 29.0 Å². The lowest BCUT2D eigenvalue weighted by Gasteiger charge is -2.24. The van der Waals surface area contributed by atoms with Crippen LogP contribution in [-0.2, 0) is 6.61 Å². The zero-order valence-corrected chi connectivity index (χ0v) is 11.2. The van der Waals surface area contributed by atoms with E-state index in [9.17, 15) is 0 Å². The van der Waals surface area contributed by atoms with E-state index in [1.54, 1.807) is 0 Å². The van der Waals surface area contributed by atoms with Crippen molar-refractivity contribution in [2.75, 3.05) is 18.0 Å². The van der Waals surface area contributed by atoms with Crippen LogP contribution in [0.2, 0.25) is 0 Å². The van der Waals surface area contributed by atoms with Gasteiger partial charge >= 0.3 is 0 Å². The Morgan fingerprint density at radius 3 is 2.69 bits per heavy atom. The van der Waals surface area contributed by atoms with Gasteiger partial charge in [0.2, 0.25) is 0 Å². The molecule has 0 radical (unpaired) electrons. The first-order valence-corrected chi connectivity index (χ1v) is 6.68. The third-order valence-electron chi connectivity index (χ3n) is 3.09. The number of anilines is 1. The molecule has 1 aliphatic carbocycles. The predicted molar refractivity (Wildman–Crippen MR) is 70.7 cm³/mol. The summed E-state index contributed by atoms with van der Waals surface area (Å²) >= 11 is 3.59. The first-order valence-electron chi connectivity index (χ1n) is 5.88. The summed E-state index contributed by atoms with van der Waals surface area (Å²) < 4.78 is 1.08. The van der Waals surface area contributed by atoms with E-state index in [-0.39, 0.29) is 6.61 Å². The van der Waals surface area contributed by atoms with Crippen molar-refractivity contribution >= 4 is 21.6 Å². The summed E-state index contributed by atoms with van der Waals surface area (Å²) in [6.45, 7) is 4.49. The van der Waals surface area contributed by atoms with Gasteiger partial charge in [0, 0.05) is 17.6 Å². The number of halogens is 1. The van der Waals surface area contributed by atoms with Crippen molar-refractivity contribution in [3.05, 3.63) is 28.2 Å². The summed E-state index contributed by atoms with van der Waals surface area (Å²) in [6.07, 6.45) is 2.76. The SMILES string of the molecule is CCN(CC1CC1)c1ccc(CO)cc1Br. The van der Waals surface area contributed by atoms with Crippen molar-refractivity contribution in [2.24, 2.45) is 5.92 Å². The molecule has 0 bridgehead atoms. The predicted octanol–water partition coefficient (Wildman–Crippen LogP) is 3.18. The van der Waals surface area contributed by atoms with Gasteiger partial charge in [0.05, 0.1) is 12.3 Å². The molecule has 2 nitrogen and oxygen atoms in total. The molecule has 0 unspecified atom stereocenters. The second-order valence-corrected chi connectivity index (χ2v) is 5.28. The molecule has 1 N–H and O–H groups in total. The maximum absolute atomic E-state index is 9.07. The summed E-state index contributed by atoms with van der Waals surface area (Å²) in [5, 5.41) is 9.07. The van der Waals surface area contributed by atoms with Crippen molar-refractivity contribution in [3.8, 4) is 0 Å². The largest absolute Gasteiger partial charge is 0.392 e. The van der Waals surface area contributed by atoms with Crippen molar-refractivity contribution in [1.82, 2.24) is 0 Å². The molecule has 1 saturated carbocycles. The molecule has 0 aromatic heterocycles. The fraction of sp³-hybridized carbons (Fsp3) is 0.538. The summed E-state index contributed by atoms with van der Waals surface area (Å²) in [6, 6.07) is 6.10. The van der Waals surface area contributed by atoms with Crippen LogP contribution in [0.4, 0.5) is 5.69 Å². The van der Waals surface area contributed by atoms with Gasteiger partial charge in [-0.25, -0.2) is 0 Å². The number of aliphatic hydroxyl groups excluding tert-OH is 1. The van der Waals surface area contributed by atoms with Gasteiger partial charge in [-0.1, -0.05) is 6.07 Å². The number of benzene rings is 1. The van der Waals surface area contributed by atoms with E-state index in [4.69, 9.17) is 5.11 Å². The van der Waals surface area contributed by atoms with E-state index in [2.05, 4.69) is 33.8 Å². The van der Waals surface area contributed by atoms with Crippen molar-refractivity contribution in [2.45, 2.75) is 26.4 Å². The van der Waals surface area contributed by atoms with Gasteiger partial charge in [-0.3, -0.25) is 0 Å². The minimum atomic E-state index is 0.105. The summed E-state index contributed by atoms with van der Waals surface area (Å²) in [5.74, 6) is 0.893. The quantitative estimate of drug-likeness (QED) is 0.897. The van der Waals surface area contributed by atoms with Gasteiger partial charge in [-0.05, 0) is 59.3 Å². The lowest BCUT2D eigenvalue weighted by molar-refractivity contribution is 0.282. The van der Waals surface area contributed by atoms with Crippen LogP contribution in [0.1, 0.15) is 25.3 Å². The van der Waals surface area contributed by atoms with E-state index in [1.165, 1.54) is 18.5 Å². The highest BCUT2D eigenvalue weighted by Crippen LogP contribution is 2.34. The zero-order valence-electron chi connectivity index (χ0n) is 9.62. The van der Waals surface area contributed by atoms with Gasteiger partial charge in [0.15, 0.2) is 0 Å². The monoisotopic (exact) mass is 283 g/mol. The van der Waals surface area contributed by atoms with E-state index in [1.807, 2.05) is 12.1 Å². The fourth-order valence-electron chi connectivity index (χ4n) is 1.92. The standard InChI is InChI=1S/C13H18BrNO/c1-2-15(8-10-3-4-10)13-6-5-11(9-16)7-12(13)14/h5-7,10,16H,2-4,8-9H2,1H3. The Labute approximate surface area is 105 Å². The van der Waals surface area contributed by atoms with Crippen LogP contribution in [-0.4, -0.2) is 18.2 Å². The van der Waals surface area contributed by atoms with Crippen LogP contribution in [0, 0.1) is 5.92 Å². The van der Waals surface area contributed by atoms with E-state index in [0.29, 0.717) is 0 Å². The Kier molecular flexibility index (Phi) is 3.87. The highest BCUT2D eigenvalue weighted by Gasteiger charge is 2.24. The first kappa shape index (κ1) is 11.9. The maximum Gasteiger partial charge on any atom is 0.0682 e. The van der Waals surface area contributed by atoms with Crippen molar-refractivity contribution < 1.29 is 5.11 Å². The first-order chi connectivity index (χ1) is 7.74. The lowest BCUT2D eigenvalue weighted by atomic mass is 10.2. The average molecular weight is 284 g/mol. The Balaban J connectivity index is 2.15. The zero-order chi connectivity index (χ0) is 11.5. The maximum atomic E-state index is 9.07. The minimum absolute atomic E-state index is 0.105. The van der Waals surface area contributed by atoms with Gasteiger partial charge in [0.1, 0.15) is 0 Å². The summed E-state index contributed by atoms with van der Waals surface area (Å²) in [5.41, 5.74) is 2.20. The van der Waals surface area contributed by atoms with E-state index < -0.39 is 0 Å². The fourth-order valence-corrected chi connectivity index (χ4v) is 2.59. The minimum Gasteiger partial charge on any atom is -0.392 e. The Bertz CT molecular complexity index is 363. The van der Waals surface area contributed by atoms with Crippen LogP contribution < -0.4 is 4.90 Å². The number of hydrogen-bond acceptors (Lipinski definition) is 2. The molecule has 1 aromatic carbocycles. The van der Waals surface area contributed by atoms with Gasteiger partial charge < -0.3 is 10.0 Å². The smallest absolute Gasteiger partial charge is 0.0682 e. The molecule has 0 atom stereocenters. The molecule has 3 heteroatoms. The third kappa shape index (κ3) is 2.77. The molecule has 88 valence electrons. The van der Waals surface area contributed by atoms with Gasteiger partial charge in [-0.2, -0.15) is 0 Å². The Morgan fingerprint density at radius 1 is 1.44 bits per heavy atom. The van der Waals surface area contributed by atoms with Crippen LogP contribution in [0.3, 0.4) is 0 Å². The number of hydrogen-bond donors (Lipinski definition) is 1. The highest BCUT2D eigenvalue weighted by molar-refractivity contribution is 9.10. The number of nitrogens with zero attached hydrogens (tertiary/aromatic N) is 1. The third-order valence-corrected chi connectivity index (χ3v) is 3.73. The normalized spacial score (nSPS) is 15.2. The molecule has 0 spiro atoms. The summed E-state index contributed by atoms with van der Waals surface area (Å²) in [4.78, 5) is 2.41. The molecule has 16 heavy (non-hydrogen) atoms. The molecule has 0 aliphatic heterocycles. The van der Waals surface area contributed by atoms with Crippen LogP contribution >= 0.6 is 15.9 Å². The van der Waals surface area contributed by atoms with Gasteiger partial charge in [0.25, 0.3) is 0 Å². The van der Waals surface area contributed by atoms with Crippen molar-refractivity contribution in [3.63, 3.8) is 0 Å². The second kappa shape index (κ2) is 5.19. The van der Waals surface area contributed by atoms with E-state index >= 15 is 0 Å². The Hall–Kier alpha value is -0.540. The average Bonchev–Trinajstić information content (AvgIpc) is 3.10. The molecule has 1 fully saturated rings. The van der Waals surface area contributed by atoms with Gasteiger partial charge in [-0.15, -0.1) is 0 Å². The summed E-state index contributed by atoms with van der Waals surface area (Å²) in [7, 11) is 0. The Morgan fingerprint density at radius 2 is 2.19 bits per heavy atom. The second-order valence-electron chi connectivity index (χ2n) is 4.43. The molecular formula is C13H18BrNO. The molecule has 0 heterocycles. The molecule has 1 aliphatic rings. The molecule has 2 rings (SSSR count). The topological polar surface area (TPSA) is 23.5 Å². The highest BCUT2D eigenvalue weighted by atomic mass is 79.9. The van der Waals surface area contributed by atoms with Crippen LogP contribution in [0.15, 0.2) is 22.7 Å². The lowest BCUT2D eigenvalue weighted by Crippen LogP contribution is -2.25. The number of aliphatic hydroxyl groups is 1. The molecule has 0 amide bonds.